The van der Waals surface area contributed by atoms with Crippen molar-refractivity contribution in [3.8, 4) is 16.8 Å². The molecule has 0 fully saturated rings. The molecule has 0 spiro atoms. The van der Waals surface area contributed by atoms with Gasteiger partial charge in [0.15, 0.2) is 0 Å². The molecule has 7 nitrogen and oxygen atoms in total. The summed E-state index contributed by atoms with van der Waals surface area (Å²) in [6.07, 6.45) is 0.246. The molecule has 2 heterocycles. The third-order valence-electron chi connectivity index (χ3n) is 2.61. The molecular weight excluding hydrogens is 280 g/mol. The molecule has 0 aliphatic rings. The Morgan fingerprint density at radius 3 is 3.10 bits per heavy atom. The molecule has 0 radical (unpaired) electrons. The third kappa shape index (κ3) is 3.13. The van der Waals surface area contributed by atoms with Crippen molar-refractivity contribution in [1.29, 1.82) is 5.26 Å². The molecule has 0 aromatic carbocycles. The van der Waals surface area contributed by atoms with Gasteiger partial charge in [0.2, 0.25) is 5.91 Å². The number of rotatable bonds is 5. The van der Waals surface area contributed by atoms with Gasteiger partial charge in [-0.15, -0.1) is 16.4 Å². The topological polar surface area (TPSA) is 92.1 Å². The lowest BCUT2D eigenvalue weighted by molar-refractivity contribution is -0.130. The van der Waals surface area contributed by atoms with E-state index in [1.807, 2.05) is 17.5 Å². The lowest BCUT2D eigenvalue weighted by Crippen LogP contribution is -2.33. The summed E-state index contributed by atoms with van der Waals surface area (Å²) in [6.45, 7) is 0.120. The number of nitriles is 1. The first-order valence-corrected chi connectivity index (χ1v) is 6.72. The van der Waals surface area contributed by atoms with Crippen LogP contribution in [0.15, 0.2) is 26.7 Å². The first-order chi connectivity index (χ1) is 9.61. The highest BCUT2D eigenvalue weighted by Crippen LogP contribution is 2.20. The third-order valence-corrected chi connectivity index (χ3v) is 3.47. The normalized spacial score (nSPS) is 10.2. The molecule has 2 aromatic rings. The number of nitrogens with zero attached hydrogens (tertiary/aromatic N) is 4. The van der Waals surface area contributed by atoms with E-state index in [0.29, 0.717) is 6.54 Å². The fraction of sp³-hybridized carbons (Fsp3) is 0.333. The maximum atomic E-state index is 11.8. The molecule has 0 saturated carbocycles. The van der Waals surface area contributed by atoms with Gasteiger partial charge in [0, 0.05) is 13.6 Å². The average molecular weight is 292 g/mol. The number of amides is 1. The molecule has 0 bridgehead atoms. The van der Waals surface area contributed by atoms with Crippen molar-refractivity contribution in [3.63, 3.8) is 0 Å². The van der Waals surface area contributed by atoms with E-state index in [1.165, 1.54) is 16.2 Å². The summed E-state index contributed by atoms with van der Waals surface area (Å²) in [5, 5.41) is 14.3. The maximum absolute atomic E-state index is 11.8. The largest absolute Gasteiger partial charge is 0.437 e. The van der Waals surface area contributed by atoms with Gasteiger partial charge in [-0.25, -0.2) is 4.79 Å². The van der Waals surface area contributed by atoms with Gasteiger partial charge < -0.3 is 9.32 Å². The summed E-state index contributed by atoms with van der Waals surface area (Å²) in [5.41, 5.74) is 0. The molecule has 2 rings (SSSR count). The van der Waals surface area contributed by atoms with Gasteiger partial charge in [0.25, 0.3) is 5.89 Å². The Kier molecular flexibility index (Phi) is 4.32. The molecule has 8 heteroatoms. The second kappa shape index (κ2) is 6.16. The van der Waals surface area contributed by atoms with Crippen molar-refractivity contribution >= 4 is 17.2 Å². The van der Waals surface area contributed by atoms with Gasteiger partial charge in [-0.05, 0) is 11.4 Å². The number of carbonyl (C=O) groups excluding carboxylic acids is 1. The first-order valence-electron chi connectivity index (χ1n) is 5.84. The SMILES string of the molecule is CN(CCC#N)C(=O)Cn1nc(-c2cccs2)oc1=O. The van der Waals surface area contributed by atoms with Crippen LogP contribution in [0.1, 0.15) is 6.42 Å². The summed E-state index contributed by atoms with van der Waals surface area (Å²) in [4.78, 5) is 25.6. The van der Waals surface area contributed by atoms with Crippen LogP contribution in [0.4, 0.5) is 0 Å². The molecule has 0 aliphatic heterocycles. The van der Waals surface area contributed by atoms with Gasteiger partial charge in [-0.1, -0.05) is 6.07 Å². The van der Waals surface area contributed by atoms with E-state index in [-0.39, 0.29) is 24.8 Å². The van der Waals surface area contributed by atoms with Crippen LogP contribution < -0.4 is 5.76 Å². The van der Waals surface area contributed by atoms with Gasteiger partial charge >= 0.3 is 5.76 Å². The lowest BCUT2D eigenvalue weighted by Gasteiger charge is -2.14. The zero-order valence-electron chi connectivity index (χ0n) is 10.8. The molecule has 0 atom stereocenters. The molecule has 1 amide bonds. The number of aromatic nitrogens is 2. The summed E-state index contributed by atoms with van der Waals surface area (Å²) < 4.78 is 5.99. The molecule has 0 unspecified atom stereocenters. The second-order valence-electron chi connectivity index (χ2n) is 4.03. The van der Waals surface area contributed by atoms with Gasteiger partial charge in [0.1, 0.15) is 6.54 Å². The predicted octanol–water partition coefficient (Wildman–Crippen LogP) is 0.937. The van der Waals surface area contributed by atoms with Gasteiger partial charge in [0.05, 0.1) is 17.4 Å². The Hall–Kier alpha value is -2.40. The highest BCUT2D eigenvalue weighted by atomic mass is 32.1. The molecule has 2 aromatic heterocycles. The molecule has 0 saturated heterocycles. The van der Waals surface area contributed by atoms with Crippen molar-refractivity contribution in [1.82, 2.24) is 14.7 Å². The van der Waals surface area contributed by atoms with E-state index in [2.05, 4.69) is 5.10 Å². The minimum Gasteiger partial charge on any atom is -0.387 e. The standard InChI is InChI=1S/C12H12N4O3S/c1-15(6-3-5-13)10(17)8-16-12(18)19-11(14-16)9-4-2-7-20-9/h2,4,7H,3,6,8H2,1H3. The van der Waals surface area contributed by atoms with E-state index in [4.69, 9.17) is 9.68 Å². The Balaban J connectivity index is 2.09. The quantitative estimate of drug-likeness (QED) is 0.817. The number of hydrogen-bond donors (Lipinski definition) is 0. The van der Waals surface area contributed by atoms with Crippen molar-refractivity contribution < 1.29 is 9.21 Å². The Labute approximate surface area is 118 Å². The van der Waals surface area contributed by atoms with E-state index in [1.54, 1.807) is 13.1 Å². The van der Waals surface area contributed by atoms with Crippen molar-refractivity contribution in [2.24, 2.45) is 0 Å². The Morgan fingerprint density at radius 1 is 1.65 bits per heavy atom. The van der Waals surface area contributed by atoms with Crippen LogP contribution >= 0.6 is 11.3 Å². The summed E-state index contributed by atoms with van der Waals surface area (Å²) in [7, 11) is 1.57. The molecular formula is C12H12N4O3S. The molecule has 0 aliphatic carbocycles. The summed E-state index contributed by atoms with van der Waals surface area (Å²) in [6, 6.07) is 5.55. The zero-order valence-corrected chi connectivity index (χ0v) is 11.6. The maximum Gasteiger partial charge on any atom is 0.437 e. The van der Waals surface area contributed by atoms with E-state index >= 15 is 0 Å². The van der Waals surface area contributed by atoms with Crippen LogP contribution in [0.2, 0.25) is 0 Å². The number of hydrogen-bond acceptors (Lipinski definition) is 6. The highest BCUT2D eigenvalue weighted by molar-refractivity contribution is 7.13. The lowest BCUT2D eigenvalue weighted by atomic mass is 10.4. The van der Waals surface area contributed by atoms with Crippen LogP contribution in [0.25, 0.3) is 10.8 Å². The number of carbonyl (C=O) groups is 1. The van der Waals surface area contributed by atoms with Crippen LogP contribution in [0.3, 0.4) is 0 Å². The Morgan fingerprint density at radius 2 is 2.45 bits per heavy atom. The zero-order chi connectivity index (χ0) is 14.5. The minimum absolute atomic E-state index is 0.199. The fourth-order valence-corrected chi connectivity index (χ4v) is 2.14. The van der Waals surface area contributed by atoms with Crippen molar-refractivity contribution in [2.45, 2.75) is 13.0 Å². The van der Waals surface area contributed by atoms with Gasteiger partial charge in [-0.3, -0.25) is 4.79 Å². The first kappa shape index (κ1) is 14.0. The van der Waals surface area contributed by atoms with Crippen molar-refractivity contribution in [2.75, 3.05) is 13.6 Å². The second-order valence-corrected chi connectivity index (χ2v) is 4.98. The molecule has 104 valence electrons. The van der Waals surface area contributed by atoms with E-state index in [0.717, 1.165) is 9.56 Å². The van der Waals surface area contributed by atoms with Crippen LogP contribution in [-0.4, -0.2) is 34.2 Å². The van der Waals surface area contributed by atoms with E-state index in [9.17, 15) is 9.59 Å². The monoisotopic (exact) mass is 292 g/mol. The fourth-order valence-electron chi connectivity index (χ4n) is 1.50. The van der Waals surface area contributed by atoms with E-state index < -0.39 is 5.76 Å². The summed E-state index contributed by atoms with van der Waals surface area (Å²) in [5.74, 6) is -0.763. The minimum atomic E-state index is -0.671. The van der Waals surface area contributed by atoms with Crippen LogP contribution in [-0.2, 0) is 11.3 Å². The molecule has 0 N–H and O–H groups in total. The average Bonchev–Trinajstić information content (AvgIpc) is 3.06. The van der Waals surface area contributed by atoms with Crippen LogP contribution in [0, 0.1) is 11.3 Å². The highest BCUT2D eigenvalue weighted by Gasteiger charge is 2.15. The van der Waals surface area contributed by atoms with Crippen molar-refractivity contribution in [3.05, 3.63) is 28.1 Å². The summed E-state index contributed by atoms with van der Waals surface area (Å²) >= 11 is 1.39. The van der Waals surface area contributed by atoms with Gasteiger partial charge in [-0.2, -0.15) is 9.94 Å². The number of likely N-dealkylation sites (N-methyl/N-ethyl adjacent to an activating group) is 1. The smallest absolute Gasteiger partial charge is 0.387 e. The molecule has 20 heavy (non-hydrogen) atoms. The number of thiophene rings is 1. The Bertz CT molecular complexity index is 680. The van der Waals surface area contributed by atoms with Crippen LogP contribution in [0.5, 0.6) is 0 Å². The predicted molar refractivity (Wildman–Crippen MR) is 71.9 cm³/mol.